The van der Waals surface area contributed by atoms with Gasteiger partial charge in [-0.3, -0.25) is 0 Å². The predicted octanol–water partition coefficient (Wildman–Crippen LogP) is 3.59. The smallest absolute Gasteiger partial charge is 0.0228 e. The molecule has 1 fully saturated rings. The molecule has 0 aromatic carbocycles. The monoisotopic (exact) mass is 160 g/mol. The van der Waals surface area contributed by atoms with E-state index in [-0.39, 0.29) is 0 Å². The maximum absolute atomic E-state index is 5.72. The lowest BCUT2D eigenvalue weighted by Crippen LogP contribution is -2.20. The predicted molar refractivity (Wildman–Crippen MR) is 46.5 cm³/mol. The second-order valence-corrected chi connectivity index (χ2v) is 4.19. The van der Waals surface area contributed by atoms with E-state index in [4.69, 9.17) is 11.6 Å². The van der Waals surface area contributed by atoms with Gasteiger partial charge in [-0.2, -0.15) is 0 Å². The Bertz CT molecular complexity index is 87.4. The first-order chi connectivity index (χ1) is 4.77. The SMILES string of the molecule is CC1(CCCl)CCCCC1. The molecule has 0 unspecified atom stereocenters. The minimum atomic E-state index is 0.597. The summed E-state index contributed by atoms with van der Waals surface area (Å²) in [5, 5.41) is 0. The third kappa shape index (κ3) is 2.16. The molecule has 0 spiro atoms. The van der Waals surface area contributed by atoms with Gasteiger partial charge in [0.25, 0.3) is 0 Å². The average Bonchev–Trinajstić information content (AvgIpc) is 1.89. The molecular weight excluding hydrogens is 144 g/mol. The van der Waals surface area contributed by atoms with Crippen molar-refractivity contribution < 1.29 is 0 Å². The third-order valence-corrected chi connectivity index (χ3v) is 2.95. The molecule has 0 heterocycles. The van der Waals surface area contributed by atoms with Crippen LogP contribution in [0.15, 0.2) is 0 Å². The van der Waals surface area contributed by atoms with Crippen molar-refractivity contribution in [1.29, 1.82) is 0 Å². The molecule has 1 aliphatic carbocycles. The topological polar surface area (TPSA) is 0 Å². The van der Waals surface area contributed by atoms with Crippen LogP contribution < -0.4 is 0 Å². The minimum Gasteiger partial charge on any atom is -0.127 e. The van der Waals surface area contributed by atoms with Gasteiger partial charge in [-0.1, -0.05) is 26.2 Å². The van der Waals surface area contributed by atoms with Gasteiger partial charge in [0.2, 0.25) is 0 Å². The van der Waals surface area contributed by atoms with E-state index in [0.29, 0.717) is 5.41 Å². The van der Waals surface area contributed by atoms with Gasteiger partial charge in [0.05, 0.1) is 0 Å². The quantitative estimate of drug-likeness (QED) is 0.542. The highest BCUT2D eigenvalue weighted by Gasteiger charge is 2.25. The van der Waals surface area contributed by atoms with Crippen LogP contribution in [0, 0.1) is 5.41 Å². The maximum Gasteiger partial charge on any atom is 0.0228 e. The highest BCUT2D eigenvalue weighted by Crippen LogP contribution is 2.38. The van der Waals surface area contributed by atoms with Crippen LogP contribution in [-0.2, 0) is 0 Å². The van der Waals surface area contributed by atoms with Crippen molar-refractivity contribution in [3.8, 4) is 0 Å². The molecule has 0 atom stereocenters. The molecule has 0 radical (unpaired) electrons. The molecule has 0 aromatic rings. The summed E-state index contributed by atoms with van der Waals surface area (Å²) in [7, 11) is 0. The Morgan fingerprint density at radius 2 is 1.80 bits per heavy atom. The van der Waals surface area contributed by atoms with Crippen LogP contribution in [-0.4, -0.2) is 5.88 Å². The van der Waals surface area contributed by atoms with Crippen LogP contribution in [0.4, 0.5) is 0 Å². The van der Waals surface area contributed by atoms with Gasteiger partial charge in [-0.25, -0.2) is 0 Å². The van der Waals surface area contributed by atoms with Crippen molar-refractivity contribution in [2.24, 2.45) is 5.41 Å². The summed E-state index contributed by atoms with van der Waals surface area (Å²) in [6.45, 7) is 2.38. The molecule has 0 nitrogen and oxygen atoms in total. The highest BCUT2D eigenvalue weighted by atomic mass is 35.5. The minimum absolute atomic E-state index is 0.597. The second kappa shape index (κ2) is 3.61. The lowest BCUT2D eigenvalue weighted by molar-refractivity contribution is 0.209. The first-order valence-electron chi connectivity index (χ1n) is 4.33. The van der Waals surface area contributed by atoms with Gasteiger partial charge in [-0.15, -0.1) is 11.6 Å². The van der Waals surface area contributed by atoms with Crippen LogP contribution >= 0.6 is 11.6 Å². The number of hydrogen-bond donors (Lipinski definition) is 0. The van der Waals surface area contributed by atoms with Crippen LogP contribution in [0.2, 0.25) is 0 Å². The summed E-state index contributed by atoms with van der Waals surface area (Å²) in [6.07, 6.45) is 8.31. The summed E-state index contributed by atoms with van der Waals surface area (Å²) in [4.78, 5) is 0. The van der Waals surface area contributed by atoms with E-state index in [9.17, 15) is 0 Å². The molecule has 0 aliphatic heterocycles. The molecule has 1 rings (SSSR count). The molecule has 1 saturated carbocycles. The summed E-state index contributed by atoms with van der Waals surface area (Å²) in [5.74, 6) is 0.844. The van der Waals surface area contributed by atoms with Gasteiger partial charge in [0, 0.05) is 5.88 Å². The lowest BCUT2D eigenvalue weighted by atomic mass is 9.74. The molecule has 1 aliphatic rings. The Labute approximate surface area is 69.0 Å². The Kier molecular flexibility index (Phi) is 3.03. The zero-order chi connectivity index (χ0) is 7.45. The fourth-order valence-electron chi connectivity index (χ4n) is 1.88. The van der Waals surface area contributed by atoms with E-state index in [2.05, 4.69) is 6.92 Å². The van der Waals surface area contributed by atoms with Gasteiger partial charge in [0.15, 0.2) is 0 Å². The Hall–Kier alpha value is 0.290. The molecule has 1 heteroatoms. The second-order valence-electron chi connectivity index (χ2n) is 3.81. The third-order valence-electron chi connectivity index (χ3n) is 2.76. The number of hydrogen-bond acceptors (Lipinski definition) is 0. The van der Waals surface area contributed by atoms with Gasteiger partial charge >= 0.3 is 0 Å². The molecule has 0 aromatic heterocycles. The van der Waals surface area contributed by atoms with Crippen molar-refractivity contribution in [3.63, 3.8) is 0 Å². The summed E-state index contributed by atoms with van der Waals surface area (Å²) in [5.41, 5.74) is 0.597. The van der Waals surface area contributed by atoms with Crippen LogP contribution in [0.25, 0.3) is 0 Å². The van der Waals surface area contributed by atoms with Crippen molar-refractivity contribution in [3.05, 3.63) is 0 Å². The van der Waals surface area contributed by atoms with Gasteiger partial charge < -0.3 is 0 Å². The summed E-state index contributed by atoms with van der Waals surface area (Å²) >= 11 is 5.72. The van der Waals surface area contributed by atoms with Gasteiger partial charge in [-0.05, 0) is 24.7 Å². The van der Waals surface area contributed by atoms with Crippen molar-refractivity contribution in [1.82, 2.24) is 0 Å². The first-order valence-corrected chi connectivity index (χ1v) is 4.86. The average molecular weight is 161 g/mol. The summed E-state index contributed by atoms with van der Waals surface area (Å²) in [6, 6.07) is 0. The summed E-state index contributed by atoms with van der Waals surface area (Å²) < 4.78 is 0. The zero-order valence-corrected chi connectivity index (χ0v) is 7.58. The molecule has 0 saturated heterocycles. The molecular formula is C9H17Cl. The van der Waals surface area contributed by atoms with E-state index in [0.717, 1.165) is 5.88 Å². The van der Waals surface area contributed by atoms with E-state index in [1.165, 1.54) is 38.5 Å². The fraction of sp³-hybridized carbons (Fsp3) is 1.00. The number of alkyl halides is 1. The Morgan fingerprint density at radius 1 is 1.20 bits per heavy atom. The Morgan fingerprint density at radius 3 is 2.30 bits per heavy atom. The molecule has 10 heavy (non-hydrogen) atoms. The Balaban J connectivity index is 2.32. The van der Waals surface area contributed by atoms with Crippen molar-refractivity contribution in [2.75, 3.05) is 5.88 Å². The van der Waals surface area contributed by atoms with Crippen molar-refractivity contribution >= 4 is 11.6 Å². The fourth-order valence-corrected chi connectivity index (χ4v) is 2.34. The van der Waals surface area contributed by atoms with Gasteiger partial charge in [0.1, 0.15) is 0 Å². The molecule has 60 valence electrons. The largest absolute Gasteiger partial charge is 0.127 e. The maximum atomic E-state index is 5.72. The molecule has 0 amide bonds. The zero-order valence-electron chi connectivity index (χ0n) is 6.83. The first kappa shape index (κ1) is 8.39. The molecule has 0 bridgehead atoms. The van der Waals surface area contributed by atoms with E-state index < -0.39 is 0 Å². The van der Waals surface area contributed by atoms with E-state index in [1.54, 1.807) is 0 Å². The lowest BCUT2D eigenvalue weighted by Gasteiger charge is -2.32. The normalized spacial score (nSPS) is 24.6. The van der Waals surface area contributed by atoms with Crippen LogP contribution in [0.3, 0.4) is 0 Å². The number of halogens is 1. The van der Waals surface area contributed by atoms with Crippen LogP contribution in [0.5, 0.6) is 0 Å². The number of rotatable bonds is 2. The molecule has 0 N–H and O–H groups in total. The standard InChI is InChI=1S/C9H17Cl/c1-9(7-8-10)5-3-2-4-6-9/h2-8H2,1H3. The highest BCUT2D eigenvalue weighted by molar-refractivity contribution is 6.17. The van der Waals surface area contributed by atoms with E-state index in [1.807, 2.05) is 0 Å². The van der Waals surface area contributed by atoms with E-state index >= 15 is 0 Å². The van der Waals surface area contributed by atoms with Crippen LogP contribution in [0.1, 0.15) is 45.4 Å². The van der Waals surface area contributed by atoms with Crippen molar-refractivity contribution in [2.45, 2.75) is 45.4 Å².